The molecule has 0 unspecified atom stereocenters. The Labute approximate surface area is 222 Å². The van der Waals surface area contributed by atoms with Crippen LogP contribution in [-0.4, -0.2) is 11.5 Å². The lowest BCUT2D eigenvalue weighted by Crippen LogP contribution is -2.23. The minimum absolute atomic E-state index is 0.0791. The van der Waals surface area contributed by atoms with Crippen LogP contribution in [0.5, 0.6) is 17.2 Å². The highest BCUT2D eigenvalue weighted by Gasteiger charge is 2.18. The average Bonchev–Trinajstić information content (AvgIpc) is 2.93. The third-order valence-electron chi connectivity index (χ3n) is 5.98. The fraction of sp³-hybridized carbons (Fsp3) is 0.129. The van der Waals surface area contributed by atoms with Crippen LogP contribution in [0, 0.1) is 28.4 Å². The van der Waals surface area contributed by atoms with Crippen LogP contribution in [-0.2, 0) is 13.1 Å². The van der Waals surface area contributed by atoms with E-state index in [2.05, 4.69) is 17.5 Å². The summed E-state index contributed by atoms with van der Waals surface area (Å²) in [6.45, 7) is 6.88. The first-order valence-electron chi connectivity index (χ1n) is 12.1. The quantitative estimate of drug-likeness (QED) is 0.120. The van der Waals surface area contributed by atoms with Gasteiger partial charge in [0.2, 0.25) is 0 Å². The molecule has 0 aliphatic rings. The van der Waals surface area contributed by atoms with Gasteiger partial charge < -0.3 is 14.4 Å². The molecule has 0 saturated heterocycles. The summed E-state index contributed by atoms with van der Waals surface area (Å²) in [6, 6.07) is 29.8. The molecule has 0 atom stereocenters. The highest BCUT2D eigenvalue weighted by atomic mass is 16.6. The minimum atomic E-state index is -0.359. The van der Waals surface area contributed by atoms with Crippen molar-refractivity contribution < 1.29 is 14.4 Å². The molecule has 0 bridgehead atoms. The first kappa shape index (κ1) is 26.0. The van der Waals surface area contributed by atoms with E-state index in [0.29, 0.717) is 48.1 Å². The maximum Gasteiger partial charge on any atom is 0.274 e. The first-order valence-corrected chi connectivity index (χ1v) is 12.1. The van der Waals surface area contributed by atoms with E-state index in [1.807, 2.05) is 66.7 Å². The van der Waals surface area contributed by atoms with Gasteiger partial charge in [-0.3, -0.25) is 10.1 Å². The van der Waals surface area contributed by atoms with Crippen LogP contribution in [0.3, 0.4) is 0 Å². The molecule has 0 heterocycles. The Morgan fingerprint density at radius 3 is 2.18 bits per heavy atom. The zero-order valence-electron chi connectivity index (χ0n) is 21.0. The van der Waals surface area contributed by atoms with Crippen molar-refractivity contribution in [2.75, 3.05) is 11.5 Å². The second kappa shape index (κ2) is 12.2. The summed E-state index contributed by atoms with van der Waals surface area (Å²) >= 11 is 0. The Morgan fingerprint density at radius 2 is 1.55 bits per heavy atom. The molecule has 0 radical (unpaired) electrons. The number of rotatable bonds is 11. The third kappa shape index (κ3) is 6.56. The Kier molecular flexibility index (Phi) is 8.37. The van der Waals surface area contributed by atoms with Crippen molar-refractivity contribution in [1.29, 1.82) is 5.26 Å². The van der Waals surface area contributed by atoms with Gasteiger partial charge >= 0.3 is 0 Å². The van der Waals surface area contributed by atoms with Crippen LogP contribution < -0.4 is 14.4 Å². The SMILES string of the molecule is C=CCOc1cccc(Oc2ccc(CN(Cc3ccc(C#N)cc3)c3cccc([N+](=O)[O-])c3C)cc2)c1. The van der Waals surface area contributed by atoms with E-state index in [0.717, 1.165) is 16.8 Å². The largest absolute Gasteiger partial charge is 0.489 e. The Balaban J connectivity index is 1.56. The van der Waals surface area contributed by atoms with Crippen molar-refractivity contribution in [1.82, 2.24) is 0 Å². The van der Waals surface area contributed by atoms with Gasteiger partial charge in [-0.15, -0.1) is 0 Å². The van der Waals surface area contributed by atoms with Gasteiger partial charge in [0.1, 0.15) is 23.9 Å². The van der Waals surface area contributed by atoms with E-state index in [-0.39, 0.29) is 10.6 Å². The number of nitro benzene ring substituents is 1. The normalized spacial score (nSPS) is 10.3. The number of hydrogen-bond acceptors (Lipinski definition) is 6. The predicted octanol–water partition coefficient (Wildman–Crippen LogP) is 7.34. The smallest absolute Gasteiger partial charge is 0.274 e. The summed E-state index contributed by atoms with van der Waals surface area (Å²) < 4.78 is 11.6. The van der Waals surface area contributed by atoms with Crippen molar-refractivity contribution in [3.8, 4) is 23.3 Å². The number of benzene rings is 4. The molecule has 0 saturated carbocycles. The number of hydrogen-bond donors (Lipinski definition) is 0. The molecule has 7 heteroatoms. The minimum Gasteiger partial charge on any atom is -0.489 e. The third-order valence-corrected chi connectivity index (χ3v) is 5.98. The monoisotopic (exact) mass is 505 g/mol. The number of nitrogens with zero attached hydrogens (tertiary/aromatic N) is 3. The van der Waals surface area contributed by atoms with Gasteiger partial charge in [-0.05, 0) is 60.5 Å². The molecule has 38 heavy (non-hydrogen) atoms. The predicted molar refractivity (Wildman–Crippen MR) is 148 cm³/mol. The lowest BCUT2D eigenvalue weighted by atomic mass is 10.1. The molecule has 0 aromatic heterocycles. The summed E-state index contributed by atoms with van der Waals surface area (Å²) in [5, 5.41) is 20.7. The van der Waals surface area contributed by atoms with Crippen LogP contribution in [0.15, 0.2) is 104 Å². The number of nitriles is 1. The molecule has 0 N–H and O–H groups in total. The molecule has 4 aromatic rings. The summed E-state index contributed by atoms with van der Waals surface area (Å²) in [7, 11) is 0. The lowest BCUT2D eigenvalue weighted by Gasteiger charge is -2.27. The first-order chi connectivity index (χ1) is 18.5. The van der Waals surface area contributed by atoms with Gasteiger partial charge in [0.25, 0.3) is 5.69 Å². The molecule has 0 aliphatic heterocycles. The highest BCUT2D eigenvalue weighted by molar-refractivity contribution is 5.62. The van der Waals surface area contributed by atoms with Crippen molar-refractivity contribution in [2.45, 2.75) is 20.0 Å². The van der Waals surface area contributed by atoms with Gasteiger partial charge in [0.15, 0.2) is 0 Å². The zero-order chi connectivity index (χ0) is 26.9. The summed E-state index contributed by atoms with van der Waals surface area (Å²) in [4.78, 5) is 13.3. The molecular formula is C31H27N3O4. The average molecular weight is 506 g/mol. The molecule has 0 fully saturated rings. The maximum absolute atomic E-state index is 11.6. The van der Waals surface area contributed by atoms with E-state index < -0.39 is 0 Å². The molecule has 0 amide bonds. The fourth-order valence-corrected chi connectivity index (χ4v) is 4.09. The summed E-state index contributed by atoms with van der Waals surface area (Å²) in [6.07, 6.45) is 1.69. The van der Waals surface area contributed by atoms with E-state index in [1.54, 1.807) is 31.2 Å². The van der Waals surface area contributed by atoms with Gasteiger partial charge in [-0.2, -0.15) is 5.26 Å². The number of anilines is 1. The lowest BCUT2D eigenvalue weighted by molar-refractivity contribution is -0.385. The van der Waals surface area contributed by atoms with Crippen molar-refractivity contribution >= 4 is 11.4 Å². The summed E-state index contributed by atoms with van der Waals surface area (Å²) in [5.41, 5.74) is 4.05. The molecule has 0 spiro atoms. The van der Waals surface area contributed by atoms with Gasteiger partial charge in [0.05, 0.1) is 22.1 Å². The van der Waals surface area contributed by atoms with Crippen molar-refractivity contribution in [3.63, 3.8) is 0 Å². The second-order valence-corrected chi connectivity index (χ2v) is 8.66. The van der Waals surface area contributed by atoms with Crippen LogP contribution in [0.4, 0.5) is 11.4 Å². The molecule has 7 nitrogen and oxygen atoms in total. The van der Waals surface area contributed by atoms with Crippen molar-refractivity contribution in [2.24, 2.45) is 0 Å². The van der Waals surface area contributed by atoms with E-state index in [1.165, 1.54) is 6.07 Å². The van der Waals surface area contributed by atoms with Crippen LogP contribution in [0.1, 0.15) is 22.3 Å². The fourth-order valence-electron chi connectivity index (χ4n) is 4.09. The number of nitro groups is 1. The highest BCUT2D eigenvalue weighted by Crippen LogP contribution is 2.31. The molecular weight excluding hydrogens is 478 g/mol. The van der Waals surface area contributed by atoms with E-state index in [4.69, 9.17) is 14.7 Å². The summed E-state index contributed by atoms with van der Waals surface area (Å²) in [5.74, 6) is 2.04. The molecule has 4 rings (SSSR count). The van der Waals surface area contributed by atoms with Gasteiger partial charge in [0, 0.05) is 30.9 Å². The Hall–Kier alpha value is -5.09. The van der Waals surface area contributed by atoms with Gasteiger partial charge in [-0.25, -0.2) is 0 Å². The molecule has 4 aromatic carbocycles. The van der Waals surface area contributed by atoms with Gasteiger partial charge in [-0.1, -0.05) is 49.1 Å². The molecule has 0 aliphatic carbocycles. The standard InChI is InChI=1S/C31H27N3O4/c1-3-18-37-28-6-4-7-29(19-28)38-27-16-14-26(15-17-27)22-33(21-25-12-10-24(20-32)11-13-25)30-8-5-9-31(23(30)2)34(35)36/h3-17,19H,1,18,21-22H2,2H3. The Bertz CT molecular complexity index is 1460. The number of ether oxygens (including phenoxy) is 2. The maximum atomic E-state index is 11.6. The topological polar surface area (TPSA) is 88.6 Å². The van der Waals surface area contributed by atoms with Crippen LogP contribution in [0.2, 0.25) is 0 Å². The Morgan fingerprint density at radius 1 is 0.921 bits per heavy atom. The molecule has 190 valence electrons. The van der Waals surface area contributed by atoms with E-state index in [9.17, 15) is 10.1 Å². The second-order valence-electron chi connectivity index (χ2n) is 8.66. The van der Waals surface area contributed by atoms with Crippen molar-refractivity contribution in [3.05, 3.63) is 136 Å². The van der Waals surface area contributed by atoms with E-state index >= 15 is 0 Å². The van der Waals surface area contributed by atoms with Crippen LogP contribution >= 0.6 is 0 Å². The zero-order valence-corrected chi connectivity index (χ0v) is 21.0. The van der Waals surface area contributed by atoms with Crippen LogP contribution in [0.25, 0.3) is 0 Å².